The number of rotatable bonds is 5. The molecule has 0 radical (unpaired) electrons. The van der Waals surface area contributed by atoms with Gasteiger partial charge in [0.25, 0.3) is 0 Å². The molecule has 0 aliphatic carbocycles. The van der Waals surface area contributed by atoms with E-state index in [9.17, 15) is 0 Å². The van der Waals surface area contributed by atoms with Crippen molar-refractivity contribution in [2.24, 2.45) is 17.6 Å². The highest BCUT2D eigenvalue weighted by Crippen LogP contribution is 2.41. The van der Waals surface area contributed by atoms with E-state index in [0.29, 0.717) is 11.6 Å². The van der Waals surface area contributed by atoms with Gasteiger partial charge in [0.05, 0.1) is 8.07 Å². The van der Waals surface area contributed by atoms with Crippen LogP contribution >= 0.6 is 0 Å². The number of nitrogens with one attached hydrogen (secondary N) is 1. The van der Waals surface area contributed by atoms with E-state index in [4.69, 9.17) is 5.73 Å². The van der Waals surface area contributed by atoms with Gasteiger partial charge in [-0.15, -0.1) is 0 Å². The molecule has 3 N–H and O–H groups in total. The first-order valence-electron chi connectivity index (χ1n) is 9.04. The fraction of sp³-hybridized carbons (Fsp3) is 1.00. The maximum Gasteiger partial charge on any atom is 0.0660 e. The molecule has 0 bridgehead atoms. The predicted octanol–water partition coefficient (Wildman–Crippen LogP) is 4.07. The summed E-state index contributed by atoms with van der Waals surface area (Å²) in [7, 11) is -1.95. The Kier molecular flexibility index (Phi) is 5.14. The summed E-state index contributed by atoms with van der Waals surface area (Å²) >= 11 is 0. The Morgan fingerprint density at radius 1 is 1.14 bits per heavy atom. The molecule has 2 rings (SSSR count). The van der Waals surface area contributed by atoms with E-state index >= 15 is 0 Å². The van der Waals surface area contributed by atoms with Crippen molar-refractivity contribution in [3.63, 3.8) is 0 Å². The fourth-order valence-electron chi connectivity index (χ4n) is 4.62. The summed E-state index contributed by atoms with van der Waals surface area (Å²) in [6.07, 6.45) is 4.15. The van der Waals surface area contributed by atoms with Crippen molar-refractivity contribution in [1.82, 2.24) is 5.32 Å². The van der Waals surface area contributed by atoms with E-state index in [1.165, 1.54) is 43.2 Å². The summed E-state index contributed by atoms with van der Waals surface area (Å²) in [5, 5.41) is 4.02. The quantitative estimate of drug-likeness (QED) is 0.747. The van der Waals surface area contributed by atoms with Gasteiger partial charge >= 0.3 is 0 Å². The average molecular weight is 327 g/mol. The maximum atomic E-state index is 6.14. The normalized spacial score (nSPS) is 37.9. The molecule has 2 fully saturated rings. The van der Waals surface area contributed by atoms with E-state index < -0.39 is 16.1 Å². The Balaban J connectivity index is 1.87. The molecule has 124 valence electrons. The van der Waals surface area contributed by atoms with Gasteiger partial charge in [0.2, 0.25) is 0 Å². The minimum atomic E-state index is -1.09. The third kappa shape index (κ3) is 4.43. The lowest BCUT2D eigenvalue weighted by Crippen LogP contribution is -2.53. The molecule has 0 aromatic heterocycles. The van der Waals surface area contributed by atoms with Gasteiger partial charge in [-0.3, -0.25) is 0 Å². The van der Waals surface area contributed by atoms with Gasteiger partial charge in [-0.05, 0) is 38.8 Å². The SMILES string of the molecule is CC(N)C1CC[Si](C)(CNC(C)(C)C2CC[Si](C)(C)C2)C1. The van der Waals surface area contributed by atoms with E-state index in [0.717, 1.165) is 11.8 Å². The Hall–Kier alpha value is 0.354. The second kappa shape index (κ2) is 6.10. The summed E-state index contributed by atoms with van der Waals surface area (Å²) in [6.45, 7) is 14.9. The standard InChI is InChI=1S/C17H38N2Si2/c1-14(18)15-7-10-21(6,11-15)13-19-17(2,3)16-8-9-20(4,5)12-16/h14-16,19H,7-13,18H2,1-6H3. The zero-order valence-electron chi connectivity index (χ0n) is 15.3. The molecule has 2 heterocycles. The highest BCUT2D eigenvalue weighted by molar-refractivity contribution is 6.79. The minimum Gasteiger partial charge on any atom is -0.328 e. The highest BCUT2D eigenvalue weighted by Gasteiger charge is 2.43. The molecule has 0 saturated carbocycles. The average Bonchev–Trinajstić information content (AvgIpc) is 2.92. The Morgan fingerprint density at radius 2 is 1.81 bits per heavy atom. The topological polar surface area (TPSA) is 38.0 Å². The van der Waals surface area contributed by atoms with Crippen LogP contribution in [0.5, 0.6) is 0 Å². The van der Waals surface area contributed by atoms with Gasteiger partial charge in [-0.25, -0.2) is 0 Å². The van der Waals surface area contributed by atoms with Gasteiger partial charge in [0.15, 0.2) is 0 Å². The zero-order valence-corrected chi connectivity index (χ0v) is 17.3. The van der Waals surface area contributed by atoms with Crippen LogP contribution < -0.4 is 11.1 Å². The Morgan fingerprint density at radius 3 is 2.29 bits per heavy atom. The summed E-state index contributed by atoms with van der Waals surface area (Å²) in [5.41, 5.74) is 6.47. The van der Waals surface area contributed by atoms with Crippen LogP contribution in [0.3, 0.4) is 0 Å². The second-order valence-corrected chi connectivity index (χ2v) is 20.0. The first kappa shape index (κ1) is 17.7. The number of nitrogens with two attached hydrogens (primary N) is 1. The largest absolute Gasteiger partial charge is 0.328 e. The van der Waals surface area contributed by atoms with Crippen LogP contribution in [0.25, 0.3) is 0 Å². The molecule has 0 aromatic rings. The molecule has 2 nitrogen and oxygen atoms in total. The molecule has 0 amide bonds. The van der Waals surface area contributed by atoms with Crippen LogP contribution in [0.1, 0.15) is 33.6 Å². The molecule has 21 heavy (non-hydrogen) atoms. The van der Waals surface area contributed by atoms with E-state index in [-0.39, 0.29) is 0 Å². The molecule has 2 saturated heterocycles. The van der Waals surface area contributed by atoms with Crippen molar-refractivity contribution in [2.45, 2.75) is 89.0 Å². The molecule has 2 aliphatic heterocycles. The monoisotopic (exact) mass is 326 g/mol. The Labute approximate surface area is 134 Å². The van der Waals surface area contributed by atoms with Crippen molar-refractivity contribution in [1.29, 1.82) is 0 Å². The second-order valence-electron chi connectivity index (χ2n) is 9.85. The lowest BCUT2D eigenvalue weighted by Gasteiger charge is -2.37. The maximum absolute atomic E-state index is 6.14. The minimum absolute atomic E-state index is 0.337. The van der Waals surface area contributed by atoms with Gasteiger partial charge in [-0.1, -0.05) is 56.7 Å². The highest BCUT2D eigenvalue weighted by atomic mass is 28.3. The molecule has 0 aromatic carbocycles. The third-order valence-corrected chi connectivity index (χ3v) is 13.9. The van der Waals surface area contributed by atoms with Crippen LogP contribution in [0.4, 0.5) is 0 Å². The molecule has 2 aliphatic rings. The van der Waals surface area contributed by atoms with E-state index in [1.807, 2.05) is 0 Å². The molecule has 4 heteroatoms. The summed E-state index contributed by atoms with van der Waals surface area (Å²) in [4.78, 5) is 0. The molecule has 4 unspecified atom stereocenters. The van der Waals surface area contributed by atoms with Crippen molar-refractivity contribution in [3.8, 4) is 0 Å². The molecule has 0 spiro atoms. The van der Waals surface area contributed by atoms with Gasteiger partial charge in [0.1, 0.15) is 0 Å². The fourth-order valence-corrected chi connectivity index (χ4v) is 12.3. The van der Waals surface area contributed by atoms with Crippen LogP contribution in [0.15, 0.2) is 0 Å². The van der Waals surface area contributed by atoms with Gasteiger partial charge < -0.3 is 11.1 Å². The lowest BCUT2D eigenvalue weighted by molar-refractivity contribution is 0.284. The van der Waals surface area contributed by atoms with Crippen molar-refractivity contribution >= 4 is 16.1 Å². The van der Waals surface area contributed by atoms with E-state index in [1.54, 1.807) is 0 Å². The summed E-state index contributed by atoms with van der Waals surface area (Å²) < 4.78 is 0. The number of hydrogen-bond acceptors (Lipinski definition) is 2. The first-order valence-corrected chi connectivity index (χ1v) is 15.6. The van der Waals surface area contributed by atoms with Crippen LogP contribution in [0.2, 0.25) is 43.8 Å². The molecular formula is C17H38N2Si2. The van der Waals surface area contributed by atoms with Crippen LogP contribution in [-0.4, -0.2) is 33.9 Å². The first-order chi connectivity index (χ1) is 9.53. The van der Waals surface area contributed by atoms with Crippen LogP contribution in [-0.2, 0) is 0 Å². The van der Waals surface area contributed by atoms with Gasteiger partial charge in [-0.2, -0.15) is 0 Å². The molecule has 4 atom stereocenters. The molecular weight excluding hydrogens is 288 g/mol. The predicted molar refractivity (Wildman–Crippen MR) is 100 cm³/mol. The Bertz CT molecular complexity index is 368. The summed E-state index contributed by atoms with van der Waals surface area (Å²) in [5.74, 6) is 1.70. The smallest absolute Gasteiger partial charge is 0.0660 e. The van der Waals surface area contributed by atoms with Crippen molar-refractivity contribution in [2.75, 3.05) is 6.17 Å². The number of hydrogen-bond donors (Lipinski definition) is 2. The lowest BCUT2D eigenvalue weighted by atomic mass is 9.87. The van der Waals surface area contributed by atoms with Crippen molar-refractivity contribution in [3.05, 3.63) is 0 Å². The summed E-state index contributed by atoms with van der Waals surface area (Å²) in [6, 6.07) is 6.37. The zero-order chi connectivity index (χ0) is 15.9. The van der Waals surface area contributed by atoms with Gasteiger partial charge in [0, 0.05) is 19.7 Å². The van der Waals surface area contributed by atoms with Crippen LogP contribution in [0, 0.1) is 11.8 Å². The van der Waals surface area contributed by atoms with E-state index in [2.05, 4.69) is 45.7 Å². The van der Waals surface area contributed by atoms with Crippen molar-refractivity contribution < 1.29 is 0 Å². The third-order valence-electron chi connectivity index (χ3n) is 6.58.